The Morgan fingerprint density at radius 1 is 1.46 bits per heavy atom. The maximum Gasteiger partial charge on any atom is 0.224 e. The highest BCUT2D eigenvalue weighted by Gasteiger charge is 2.12. The van der Waals surface area contributed by atoms with Crippen molar-refractivity contribution < 1.29 is 0 Å². The Morgan fingerprint density at radius 2 is 2.08 bits per heavy atom. The van der Waals surface area contributed by atoms with Gasteiger partial charge < -0.3 is 5.32 Å². The van der Waals surface area contributed by atoms with Crippen molar-refractivity contribution in [2.45, 2.75) is 26.3 Å². The van der Waals surface area contributed by atoms with Crippen LogP contribution in [0.1, 0.15) is 20.8 Å². The third-order valence-corrected chi connectivity index (χ3v) is 2.18. The van der Waals surface area contributed by atoms with E-state index in [1.165, 1.54) is 0 Å². The zero-order valence-corrected chi connectivity index (χ0v) is 10.6. The van der Waals surface area contributed by atoms with Crippen LogP contribution >= 0.6 is 34.2 Å². The molecule has 0 saturated carbocycles. The van der Waals surface area contributed by atoms with Gasteiger partial charge in [0, 0.05) is 11.7 Å². The first kappa shape index (κ1) is 11.0. The molecule has 72 valence electrons. The highest BCUT2D eigenvalue weighted by Crippen LogP contribution is 2.19. The third kappa shape index (κ3) is 3.64. The minimum atomic E-state index is -0.0163. The van der Waals surface area contributed by atoms with Crippen molar-refractivity contribution in [2.75, 3.05) is 5.32 Å². The predicted molar refractivity (Wildman–Crippen MR) is 63.1 cm³/mol. The minimum Gasteiger partial charge on any atom is -0.364 e. The number of hydrogen-bond donors (Lipinski definition) is 1. The standard InChI is InChI=1S/C8H11ClIN3/c1-8(2,3)13-6-5(10)4-11-7(9)12-6/h4H,1-3H3,(H,11,12,13). The number of halogens is 2. The molecule has 0 atom stereocenters. The molecule has 0 aliphatic heterocycles. The SMILES string of the molecule is CC(C)(C)Nc1nc(Cl)ncc1I. The van der Waals surface area contributed by atoms with Crippen molar-refractivity contribution in [1.82, 2.24) is 9.97 Å². The van der Waals surface area contributed by atoms with Gasteiger partial charge in [0.2, 0.25) is 5.28 Å². The van der Waals surface area contributed by atoms with Gasteiger partial charge in [-0.25, -0.2) is 4.98 Å². The van der Waals surface area contributed by atoms with E-state index in [-0.39, 0.29) is 10.8 Å². The van der Waals surface area contributed by atoms with Crippen LogP contribution in [-0.4, -0.2) is 15.5 Å². The lowest BCUT2D eigenvalue weighted by Crippen LogP contribution is -2.27. The maximum atomic E-state index is 5.68. The topological polar surface area (TPSA) is 37.8 Å². The summed E-state index contributed by atoms with van der Waals surface area (Å²) in [6, 6.07) is 0. The molecule has 1 aromatic heterocycles. The Labute approximate surface area is 96.4 Å². The summed E-state index contributed by atoms with van der Waals surface area (Å²) in [5, 5.41) is 3.52. The van der Waals surface area contributed by atoms with Crippen LogP contribution in [0.25, 0.3) is 0 Å². The number of anilines is 1. The van der Waals surface area contributed by atoms with Gasteiger partial charge in [-0.3, -0.25) is 0 Å². The lowest BCUT2D eigenvalue weighted by molar-refractivity contribution is 0.629. The van der Waals surface area contributed by atoms with Crippen LogP contribution in [0.4, 0.5) is 5.82 Å². The zero-order valence-electron chi connectivity index (χ0n) is 7.73. The fourth-order valence-corrected chi connectivity index (χ4v) is 1.32. The van der Waals surface area contributed by atoms with Gasteiger partial charge >= 0.3 is 0 Å². The molecule has 0 aliphatic rings. The minimum absolute atomic E-state index is 0.0163. The summed E-state index contributed by atoms with van der Waals surface area (Å²) in [5.41, 5.74) is -0.0163. The van der Waals surface area contributed by atoms with Gasteiger partial charge in [0.05, 0.1) is 3.57 Å². The summed E-state index contributed by atoms with van der Waals surface area (Å²) in [7, 11) is 0. The average Bonchev–Trinajstić information content (AvgIpc) is 1.94. The van der Waals surface area contributed by atoms with Gasteiger partial charge in [-0.2, -0.15) is 4.98 Å². The van der Waals surface area contributed by atoms with Gasteiger partial charge in [0.15, 0.2) is 0 Å². The first-order chi connectivity index (χ1) is 5.88. The molecule has 0 fully saturated rings. The maximum absolute atomic E-state index is 5.68. The van der Waals surface area contributed by atoms with Crippen LogP contribution in [0, 0.1) is 3.57 Å². The molecule has 1 rings (SSSR count). The Kier molecular flexibility index (Phi) is 3.34. The van der Waals surface area contributed by atoms with Crippen molar-refractivity contribution >= 4 is 40.0 Å². The van der Waals surface area contributed by atoms with Crippen molar-refractivity contribution in [3.63, 3.8) is 0 Å². The van der Waals surface area contributed by atoms with E-state index < -0.39 is 0 Å². The molecule has 1 N–H and O–H groups in total. The quantitative estimate of drug-likeness (QED) is 0.640. The first-order valence-electron chi connectivity index (χ1n) is 3.85. The van der Waals surface area contributed by atoms with Crippen LogP contribution in [0.15, 0.2) is 6.20 Å². The van der Waals surface area contributed by atoms with E-state index in [9.17, 15) is 0 Å². The zero-order chi connectivity index (χ0) is 10.1. The molecule has 1 aromatic rings. The van der Waals surface area contributed by atoms with Gasteiger partial charge in [-0.15, -0.1) is 0 Å². The number of rotatable bonds is 1. The molecule has 0 unspecified atom stereocenters. The van der Waals surface area contributed by atoms with Gasteiger partial charge in [0.1, 0.15) is 5.82 Å². The van der Waals surface area contributed by atoms with Crippen molar-refractivity contribution in [1.29, 1.82) is 0 Å². The van der Waals surface area contributed by atoms with Crippen molar-refractivity contribution in [3.8, 4) is 0 Å². The van der Waals surface area contributed by atoms with Crippen molar-refractivity contribution in [3.05, 3.63) is 15.1 Å². The Balaban J connectivity index is 2.94. The molecule has 0 aromatic carbocycles. The van der Waals surface area contributed by atoms with Crippen LogP contribution in [0.3, 0.4) is 0 Å². The first-order valence-corrected chi connectivity index (χ1v) is 5.30. The summed E-state index contributed by atoms with van der Waals surface area (Å²) in [4.78, 5) is 7.97. The fraction of sp³-hybridized carbons (Fsp3) is 0.500. The average molecular weight is 312 g/mol. The molecule has 0 amide bonds. The molecule has 13 heavy (non-hydrogen) atoms. The molecule has 0 bridgehead atoms. The van der Waals surface area contributed by atoms with Gasteiger partial charge in [-0.1, -0.05) is 0 Å². The van der Waals surface area contributed by atoms with Gasteiger partial charge in [0.25, 0.3) is 0 Å². The smallest absolute Gasteiger partial charge is 0.224 e. The highest BCUT2D eigenvalue weighted by molar-refractivity contribution is 14.1. The van der Waals surface area contributed by atoms with Crippen LogP contribution in [0.2, 0.25) is 5.28 Å². The molecule has 0 spiro atoms. The van der Waals surface area contributed by atoms with E-state index in [2.05, 4.69) is 58.6 Å². The second-order valence-electron chi connectivity index (χ2n) is 3.71. The second-order valence-corrected chi connectivity index (χ2v) is 5.21. The predicted octanol–water partition coefficient (Wildman–Crippen LogP) is 2.95. The molecule has 0 saturated heterocycles. The van der Waals surface area contributed by atoms with Crippen LogP contribution in [-0.2, 0) is 0 Å². The molecule has 0 aliphatic carbocycles. The van der Waals surface area contributed by atoms with Crippen LogP contribution < -0.4 is 5.32 Å². The summed E-state index contributed by atoms with van der Waals surface area (Å²) < 4.78 is 0.969. The van der Waals surface area contributed by atoms with E-state index in [1.807, 2.05) is 0 Å². The van der Waals surface area contributed by atoms with Crippen molar-refractivity contribution in [2.24, 2.45) is 0 Å². The summed E-state index contributed by atoms with van der Waals surface area (Å²) in [6.07, 6.45) is 1.70. The number of nitrogens with zero attached hydrogens (tertiary/aromatic N) is 2. The highest BCUT2D eigenvalue weighted by atomic mass is 127. The Morgan fingerprint density at radius 3 is 2.62 bits per heavy atom. The number of nitrogens with one attached hydrogen (secondary N) is 1. The van der Waals surface area contributed by atoms with E-state index in [4.69, 9.17) is 11.6 Å². The molecular formula is C8H11ClIN3. The molecule has 5 heteroatoms. The normalized spacial score (nSPS) is 11.5. The summed E-state index contributed by atoms with van der Waals surface area (Å²) >= 11 is 7.85. The largest absolute Gasteiger partial charge is 0.364 e. The molecule has 3 nitrogen and oxygen atoms in total. The van der Waals surface area contributed by atoms with E-state index in [0.29, 0.717) is 0 Å². The lowest BCUT2D eigenvalue weighted by Gasteiger charge is -2.21. The van der Waals surface area contributed by atoms with E-state index in [1.54, 1.807) is 6.20 Å². The second kappa shape index (κ2) is 3.96. The summed E-state index contributed by atoms with van der Waals surface area (Å²) in [5.74, 6) is 0.785. The fourth-order valence-electron chi connectivity index (χ4n) is 0.788. The van der Waals surface area contributed by atoms with Crippen LogP contribution in [0.5, 0.6) is 0 Å². The lowest BCUT2D eigenvalue weighted by atomic mass is 10.1. The summed E-state index contributed by atoms with van der Waals surface area (Å²) in [6.45, 7) is 6.21. The third-order valence-electron chi connectivity index (χ3n) is 1.21. The number of aromatic nitrogens is 2. The van der Waals surface area contributed by atoms with E-state index >= 15 is 0 Å². The Bertz CT molecular complexity index is 309. The van der Waals surface area contributed by atoms with Gasteiger partial charge in [-0.05, 0) is 55.0 Å². The molecule has 1 heterocycles. The Hall–Kier alpha value is -0.100. The molecule has 0 radical (unpaired) electrons. The van der Waals surface area contributed by atoms with E-state index in [0.717, 1.165) is 9.39 Å². The monoisotopic (exact) mass is 311 g/mol. The molecular weight excluding hydrogens is 300 g/mol. The number of hydrogen-bond acceptors (Lipinski definition) is 3.